The first-order valence-corrected chi connectivity index (χ1v) is 6.76. The Morgan fingerprint density at radius 3 is 2.76 bits per heavy atom. The van der Waals surface area contributed by atoms with Crippen LogP contribution in [0, 0.1) is 0 Å². The Bertz CT molecular complexity index is 690. The van der Waals surface area contributed by atoms with Crippen molar-refractivity contribution >= 4 is 34.7 Å². The van der Waals surface area contributed by atoms with Crippen LogP contribution >= 0.6 is 11.6 Å². The van der Waals surface area contributed by atoms with Gasteiger partial charge in [0.15, 0.2) is 5.65 Å². The number of nitrogens with two attached hydrogens (primary N) is 1. The van der Waals surface area contributed by atoms with Crippen LogP contribution in [0.3, 0.4) is 0 Å². The molecule has 5 N–H and O–H groups in total. The van der Waals surface area contributed by atoms with Crippen LogP contribution in [-0.2, 0) is 10.2 Å². The average molecular weight is 312 g/mol. The lowest BCUT2D eigenvalue weighted by molar-refractivity contribution is -0.127. The fourth-order valence-electron chi connectivity index (χ4n) is 2.03. The van der Waals surface area contributed by atoms with E-state index >= 15 is 0 Å². The summed E-state index contributed by atoms with van der Waals surface area (Å²) < 4.78 is 1.71. The Morgan fingerprint density at radius 2 is 2.19 bits per heavy atom. The molecule has 2 aromatic heterocycles. The van der Waals surface area contributed by atoms with E-state index in [1.54, 1.807) is 22.1 Å². The summed E-state index contributed by atoms with van der Waals surface area (Å²) in [4.78, 5) is 15.8. The van der Waals surface area contributed by atoms with Gasteiger partial charge in [0.1, 0.15) is 5.82 Å². The Kier molecular flexibility index (Phi) is 3.97. The van der Waals surface area contributed by atoms with Gasteiger partial charge < -0.3 is 11.1 Å². The van der Waals surface area contributed by atoms with Crippen LogP contribution in [0.15, 0.2) is 12.3 Å². The molecular weight excluding hydrogens is 294 g/mol. The fraction of sp³-hybridized carbons (Fsp3) is 0.385. The lowest BCUT2D eigenvalue weighted by Gasteiger charge is -2.18. The van der Waals surface area contributed by atoms with Crippen molar-refractivity contribution in [3.05, 3.63) is 23.0 Å². The van der Waals surface area contributed by atoms with Crippen LogP contribution in [-0.4, -0.2) is 27.0 Å². The minimum atomic E-state index is -0.556. The maximum Gasteiger partial charge on any atom is 0.262 e. The summed E-state index contributed by atoms with van der Waals surface area (Å²) in [5.74, 6) is 0.0649. The van der Waals surface area contributed by atoms with Crippen LogP contribution in [0.4, 0.5) is 11.5 Å². The number of aromatic nitrogens is 2. The second kappa shape index (κ2) is 5.42. The largest absolute Gasteiger partial charge is 0.396 e. The Labute approximate surface area is 127 Å². The second-order valence-corrected chi connectivity index (χ2v) is 6.19. The molecular formula is C13H18ClN5O2. The summed E-state index contributed by atoms with van der Waals surface area (Å²) in [5, 5.41) is 12.0. The van der Waals surface area contributed by atoms with Gasteiger partial charge in [-0.3, -0.25) is 14.4 Å². The number of hydroxylamine groups is 1. The molecule has 1 amide bonds. The molecule has 0 fully saturated rings. The third-order valence-electron chi connectivity index (χ3n) is 2.97. The molecule has 8 heteroatoms. The van der Waals surface area contributed by atoms with Gasteiger partial charge in [-0.2, -0.15) is 0 Å². The van der Waals surface area contributed by atoms with Crippen molar-refractivity contribution in [3.8, 4) is 0 Å². The van der Waals surface area contributed by atoms with E-state index in [2.05, 4.69) is 10.3 Å². The van der Waals surface area contributed by atoms with E-state index in [4.69, 9.17) is 22.5 Å². The molecule has 0 spiro atoms. The number of nitrogens with zero attached hydrogens (tertiary/aromatic N) is 2. The zero-order valence-corrected chi connectivity index (χ0v) is 12.8. The van der Waals surface area contributed by atoms with Gasteiger partial charge in [0.05, 0.1) is 22.9 Å². The number of hydrogen-bond donors (Lipinski definition) is 4. The number of halogens is 1. The van der Waals surface area contributed by atoms with Crippen LogP contribution < -0.4 is 16.5 Å². The van der Waals surface area contributed by atoms with E-state index in [1.165, 1.54) is 0 Å². The average Bonchev–Trinajstić information content (AvgIpc) is 2.74. The number of carbonyl (C=O) groups excluding carboxylic acids is 1. The molecule has 0 atom stereocenters. The molecule has 2 aromatic rings. The maximum atomic E-state index is 11.2. The van der Waals surface area contributed by atoms with Crippen molar-refractivity contribution in [2.24, 2.45) is 0 Å². The number of nitrogens with one attached hydrogen (secondary N) is 2. The molecule has 0 aliphatic heterocycles. The van der Waals surface area contributed by atoms with Gasteiger partial charge in [-0.05, 0) is 6.07 Å². The number of fused-ring (bicyclic) bond motifs is 1. The van der Waals surface area contributed by atoms with E-state index in [0.29, 0.717) is 22.2 Å². The van der Waals surface area contributed by atoms with E-state index in [0.717, 1.165) is 5.69 Å². The summed E-state index contributed by atoms with van der Waals surface area (Å²) in [6.07, 6.45) is 1.68. The van der Waals surface area contributed by atoms with Gasteiger partial charge in [-0.25, -0.2) is 10.5 Å². The summed E-state index contributed by atoms with van der Waals surface area (Å²) in [5.41, 5.74) is 9.03. The smallest absolute Gasteiger partial charge is 0.262 e. The third-order valence-corrected chi connectivity index (χ3v) is 3.17. The number of anilines is 2. The highest BCUT2D eigenvalue weighted by Crippen LogP contribution is 2.32. The number of amides is 1. The van der Waals surface area contributed by atoms with E-state index < -0.39 is 5.91 Å². The fourth-order valence-corrected chi connectivity index (χ4v) is 2.25. The van der Waals surface area contributed by atoms with Crippen molar-refractivity contribution in [3.63, 3.8) is 0 Å². The minimum absolute atomic E-state index is 0.0974. The molecule has 0 radical (unpaired) electrons. The SMILES string of the molecule is CC(C)(C)c1nc2c(N)cc(Cl)cn2c1NCC(=O)NO. The molecule has 0 saturated heterocycles. The summed E-state index contributed by atoms with van der Waals surface area (Å²) in [7, 11) is 0. The number of pyridine rings is 1. The number of carbonyl (C=O) groups is 1. The van der Waals surface area contributed by atoms with Crippen molar-refractivity contribution in [1.29, 1.82) is 0 Å². The van der Waals surface area contributed by atoms with Gasteiger partial charge in [0, 0.05) is 11.6 Å². The molecule has 0 aliphatic rings. The molecule has 0 aliphatic carbocycles. The molecule has 114 valence electrons. The second-order valence-electron chi connectivity index (χ2n) is 5.75. The first-order valence-electron chi connectivity index (χ1n) is 6.38. The Hall–Kier alpha value is -1.99. The normalized spacial score (nSPS) is 11.7. The molecule has 0 bridgehead atoms. The predicted molar refractivity (Wildman–Crippen MR) is 81.7 cm³/mol. The van der Waals surface area contributed by atoms with E-state index in [1.807, 2.05) is 20.8 Å². The molecule has 7 nitrogen and oxygen atoms in total. The molecule has 0 unspecified atom stereocenters. The Balaban J connectivity index is 2.60. The quantitative estimate of drug-likeness (QED) is 0.511. The molecule has 2 rings (SSSR count). The Morgan fingerprint density at radius 1 is 1.52 bits per heavy atom. The van der Waals surface area contributed by atoms with E-state index in [9.17, 15) is 4.79 Å². The number of imidazole rings is 1. The standard InChI is InChI=1S/C13H18ClN5O2/c1-13(2,3)10-12(16-5-9(20)18-21)19-6-7(14)4-8(15)11(19)17-10/h4,6,16,21H,5,15H2,1-3H3,(H,18,20). The zero-order valence-electron chi connectivity index (χ0n) is 12.1. The topological polar surface area (TPSA) is 105 Å². The first kappa shape index (κ1) is 15.4. The molecule has 0 aromatic carbocycles. The van der Waals surface area contributed by atoms with Crippen molar-refractivity contribution < 1.29 is 10.0 Å². The molecule has 0 saturated carbocycles. The van der Waals surface area contributed by atoms with Crippen LogP contribution in [0.1, 0.15) is 26.5 Å². The van der Waals surface area contributed by atoms with Gasteiger partial charge in [0.2, 0.25) is 0 Å². The number of hydrogen-bond acceptors (Lipinski definition) is 5. The molecule has 21 heavy (non-hydrogen) atoms. The van der Waals surface area contributed by atoms with Gasteiger partial charge in [-0.1, -0.05) is 32.4 Å². The van der Waals surface area contributed by atoms with Gasteiger partial charge in [-0.15, -0.1) is 0 Å². The predicted octanol–water partition coefficient (Wildman–Crippen LogP) is 1.78. The monoisotopic (exact) mass is 311 g/mol. The van der Waals surface area contributed by atoms with Crippen LogP contribution in [0.25, 0.3) is 5.65 Å². The van der Waals surface area contributed by atoms with Gasteiger partial charge >= 0.3 is 0 Å². The number of nitrogen functional groups attached to an aromatic ring is 1. The third kappa shape index (κ3) is 3.03. The summed E-state index contributed by atoms with van der Waals surface area (Å²) >= 11 is 6.03. The van der Waals surface area contributed by atoms with Crippen molar-refractivity contribution in [1.82, 2.24) is 14.9 Å². The highest BCUT2D eigenvalue weighted by Gasteiger charge is 2.25. The number of rotatable bonds is 3. The highest BCUT2D eigenvalue weighted by atomic mass is 35.5. The van der Waals surface area contributed by atoms with Crippen LogP contribution in [0.5, 0.6) is 0 Å². The van der Waals surface area contributed by atoms with Crippen molar-refractivity contribution in [2.75, 3.05) is 17.6 Å². The van der Waals surface area contributed by atoms with E-state index in [-0.39, 0.29) is 12.0 Å². The zero-order chi connectivity index (χ0) is 15.8. The van der Waals surface area contributed by atoms with Crippen LogP contribution in [0.2, 0.25) is 5.02 Å². The highest BCUT2D eigenvalue weighted by molar-refractivity contribution is 6.30. The minimum Gasteiger partial charge on any atom is -0.396 e. The lowest BCUT2D eigenvalue weighted by atomic mass is 9.92. The molecule has 2 heterocycles. The maximum absolute atomic E-state index is 11.2. The summed E-state index contributed by atoms with van der Waals surface area (Å²) in [6, 6.07) is 1.63. The van der Waals surface area contributed by atoms with Gasteiger partial charge in [0.25, 0.3) is 5.91 Å². The lowest BCUT2D eigenvalue weighted by Crippen LogP contribution is -2.28. The van der Waals surface area contributed by atoms with Crippen molar-refractivity contribution in [2.45, 2.75) is 26.2 Å². The first-order chi connectivity index (χ1) is 9.74. The summed E-state index contributed by atoms with van der Waals surface area (Å²) in [6.45, 7) is 5.91.